The standard InChI is InChI=1S/C17H20N4O3/c1-11-5-14(11)17(23)20-8-12-6-18-10-21(12)15(9-20)16(22)19-7-13-3-2-4-24-13/h2-4,6,10-11,14-15H,5,7-9H2,1H3,(H,19,22)/t11-,14+,15-/m1/s1. The van der Waals surface area contributed by atoms with Gasteiger partial charge in [0.2, 0.25) is 11.8 Å². The lowest BCUT2D eigenvalue weighted by molar-refractivity contribution is -0.136. The fraction of sp³-hybridized carbons (Fsp3) is 0.471. The molecule has 0 unspecified atom stereocenters. The smallest absolute Gasteiger partial charge is 0.245 e. The zero-order chi connectivity index (χ0) is 16.7. The van der Waals surface area contributed by atoms with E-state index in [1.165, 1.54) is 0 Å². The Labute approximate surface area is 139 Å². The van der Waals surface area contributed by atoms with Crippen LogP contribution in [0.2, 0.25) is 0 Å². The molecule has 4 rings (SSSR count). The molecule has 7 nitrogen and oxygen atoms in total. The van der Waals surface area contributed by atoms with Gasteiger partial charge in [-0.3, -0.25) is 9.59 Å². The van der Waals surface area contributed by atoms with Crippen LogP contribution in [0.4, 0.5) is 0 Å². The number of aromatic nitrogens is 2. The topological polar surface area (TPSA) is 80.4 Å². The molecule has 1 fully saturated rings. The average Bonchev–Trinajstić information content (AvgIpc) is 3.01. The summed E-state index contributed by atoms with van der Waals surface area (Å²) in [5.74, 6) is 1.29. The van der Waals surface area contributed by atoms with E-state index in [4.69, 9.17) is 4.42 Å². The second-order valence-corrected chi connectivity index (χ2v) is 6.64. The molecule has 0 radical (unpaired) electrons. The second kappa shape index (κ2) is 5.81. The van der Waals surface area contributed by atoms with E-state index >= 15 is 0 Å². The predicted octanol–water partition coefficient (Wildman–Crippen LogP) is 1.33. The van der Waals surface area contributed by atoms with Crippen LogP contribution in [0.25, 0.3) is 0 Å². The Hall–Kier alpha value is -2.57. The number of hydrogen-bond acceptors (Lipinski definition) is 4. The van der Waals surface area contributed by atoms with Crippen molar-refractivity contribution < 1.29 is 14.0 Å². The highest BCUT2D eigenvalue weighted by Gasteiger charge is 2.43. The van der Waals surface area contributed by atoms with Gasteiger partial charge in [0.1, 0.15) is 11.8 Å². The Morgan fingerprint density at radius 1 is 1.46 bits per heavy atom. The van der Waals surface area contributed by atoms with Crippen LogP contribution in [0, 0.1) is 11.8 Å². The summed E-state index contributed by atoms with van der Waals surface area (Å²) in [7, 11) is 0. The minimum atomic E-state index is -0.454. The van der Waals surface area contributed by atoms with E-state index in [1.807, 2.05) is 10.6 Å². The molecule has 1 saturated carbocycles. The van der Waals surface area contributed by atoms with Crippen molar-refractivity contribution in [3.05, 3.63) is 42.4 Å². The van der Waals surface area contributed by atoms with Crippen LogP contribution in [0.15, 0.2) is 35.3 Å². The van der Waals surface area contributed by atoms with Crippen molar-refractivity contribution in [2.45, 2.75) is 32.5 Å². The van der Waals surface area contributed by atoms with Crippen molar-refractivity contribution in [1.29, 1.82) is 0 Å². The molecular formula is C17H20N4O3. The molecule has 126 valence electrons. The lowest BCUT2D eigenvalue weighted by atomic mass is 10.1. The Balaban J connectivity index is 1.48. The molecule has 1 aliphatic carbocycles. The van der Waals surface area contributed by atoms with E-state index in [-0.39, 0.29) is 17.7 Å². The molecule has 24 heavy (non-hydrogen) atoms. The van der Waals surface area contributed by atoms with Crippen molar-refractivity contribution in [1.82, 2.24) is 19.8 Å². The lowest BCUT2D eigenvalue weighted by Crippen LogP contribution is -2.46. The summed E-state index contributed by atoms with van der Waals surface area (Å²) in [5.41, 5.74) is 0.890. The molecule has 7 heteroatoms. The lowest BCUT2D eigenvalue weighted by Gasteiger charge is -2.34. The van der Waals surface area contributed by atoms with E-state index in [2.05, 4.69) is 17.2 Å². The first kappa shape index (κ1) is 15.0. The largest absolute Gasteiger partial charge is 0.467 e. The summed E-state index contributed by atoms with van der Waals surface area (Å²) >= 11 is 0. The summed E-state index contributed by atoms with van der Waals surface area (Å²) in [6, 6.07) is 3.14. The van der Waals surface area contributed by atoms with Crippen LogP contribution in [0.1, 0.15) is 30.8 Å². The third-order valence-corrected chi connectivity index (χ3v) is 4.89. The molecule has 1 aliphatic heterocycles. The molecule has 2 aromatic heterocycles. The molecule has 2 amide bonds. The molecule has 3 heterocycles. The van der Waals surface area contributed by atoms with E-state index in [1.54, 1.807) is 29.8 Å². The number of rotatable bonds is 4. The Morgan fingerprint density at radius 3 is 3.00 bits per heavy atom. The maximum atomic E-state index is 12.6. The zero-order valence-corrected chi connectivity index (χ0v) is 13.5. The van der Waals surface area contributed by atoms with Crippen LogP contribution >= 0.6 is 0 Å². The van der Waals surface area contributed by atoms with Gasteiger partial charge in [-0.05, 0) is 24.5 Å². The van der Waals surface area contributed by atoms with E-state index in [9.17, 15) is 9.59 Å². The van der Waals surface area contributed by atoms with Crippen molar-refractivity contribution in [3.63, 3.8) is 0 Å². The van der Waals surface area contributed by atoms with Gasteiger partial charge in [-0.25, -0.2) is 4.98 Å². The highest BCUT2D eigenvalue weighted by molar-refractivity contribution is 5.84. The Bertz CT molecular complexity index is 752. The molecular weight excluding hydrogens is 308 g/mol. The van der Waals surface area contributed by atoms with Gasteiger partial charge in [-0.1, -0.05) is 6.92 Å². The zero-order valence-electron chi connectivity index (χ0n) is 13.5. The van der Waals surface area contributed by atoms with Crippen LogP contribution in [0.3, 0.4) is 0 Å². The number of hydrogen-bond donors (Lipinski definition) is 1. The summed E-state index contributed by atoms with van der Waals surface area (Å²) in [6.45, 7) is 3.32. The molecule has 0 aromatic carbocycles. The highest BCUT2D eigenvalue weighted by Crippen LogP contribution is 2.40. The first-order valence-corrected chi connectivity index (χ1v) is 8.23. The molecule has 3 atom stereocenters. The van der Waals surface area contributed by atoms with Crippen molar-refractivity contribution in [3.8, 4) is 0 Å². The third kappa shape index (κ3) is 2.70. The first-order chi connectivity index (χ1) is 11.6. The maximum Gasteiger partial charge on any atom is 0.245 e. The highest BCUT2D eigenvalue weighted by atomic mass is 16.3. The number of amides is 2. The number of carbonyl (C=O) groups excluding carboxylic acids is 2. The number of nitrogens with zero attached hydrogens (tertiary/aromatic N) is 3. The predicted molar refractivity (Wildman–Crippen MR) is 84.5 cm³/mol. The Kier molecular flexibility index (Phi) is 3.63. The van der Waals surface area contributed by atoms with Gasteiger partial charge < -0.3 is 19.2 Å². The van der Waals surface area contributed by atoms with Crippen LogP contribution < -0.4 is 5.32 Å². The molecule has 1 N–H and O–H groups in total. The summed E-state index contributed by atoms with van der Waals surface area (Å²) in [5, 5.41) is 2.88. The van der Waals surface area contributed by atoms with E-state index in [0.29, 0.717) is 31.3 Å². The summed E-state index contributed by atoms with van der Waals surface area (Å²) in [6.07, 6.45) is 5.91. The van der Waals surface area contributed by atoms with Crippen molar-refractivity contribution in [2.24, 2.45) is 11.8 Å². The summed E-state index contributed by atoms with van der Waals surface area (Å²) in [4.78, 5) is 31.1. The van der Waals surface area contributed by atoms with E-state index < -0.39 is 6.04 Å². The first-order valence-electron chi connectivity index (χ1n) is 8.23. The van der Waals surface area contributed by atoms with Crippen LogP contribution in [-0.2, 0) is 22.7 Å². The maximum absolute atomic E-state index is 12.6. The molecule has 0 spiro atoms. The quantitative estimate of drug-likeness (QED) is 0.918. The average molecular weight is 328 g/mol. The van der Waals surface area contributed by atoms with Crippen molar-refractivity contribution in [2.75, 3.05) is 6.54 Å². The molecule has 2 aliphatic rings. The molecule has 2 aromatic rings. The van der Waals surface area contributed by atoms with Gasteiger partial charge in [0.05, 0.1) is 37.9 Å². The number of carbonyl (C=O) groups is 2. The molecule has 0 bridgehead atoms. The van der Waals surface area contributed by atoms with Crippen molar-refractivity contribution >= 4 is 11.8 Å². The van der Waals surface area contributed by atoms with Gasteiger partial charge in [0, 0.05) is 12.1 Å². The molecule has 0 saturated heterocycles. The fourth-order valence-electron chi connectivity index (χ4n) is 3.27. The van der Waals surface area contributed by atoms with Crippen LogP contribution in [0.5, 0.6) is 0 Å². The minimum absolute atomic E-state index is 0.117. The van der Waals surface area contributed by atoms with Gasteiger partial charge in [-0.15, -0.1) is 0 Å². The van der Waals surface area contributed by atoms with Gasteiger partial charge in [0.15, 0.2) is 0 Å². The SMILES string of the molecule is C[C@@H]1C[C@@H]1C(=O)N1Cc2cncn2[C@@H](C(=O)NCc2ccco2)C1. The minimum Gasteiger partial charge on any atom is -0.467 e. The second-order valence-electron chi connectivity index (χ2n) is 6.64. The monoisotopic (exact) mass is 328 g/mol. The van der Waals surface area contributed by atoms with E-state index in [0.717, 1.165) is 12.1 Å². The normalized spacial score (nSPS) is 25.2. The van der Waals surface area contributed by atoms with Crippen LogP contribution in [-0.4, -0.2) is 32.8 Å². The number of furan rings is 1. The third-order valence-electron chi connectivity index (χ3n) is 4.89. The summed E-state index contributed by atoms with van der Waals surface area (Å²) < 4.78 is 7.10. The van der Waals surface area contributed by atoms with Gasteiger partial charge in [-0.2, -0.15) is 0 Å². The number of fused-ring (bicyclic) bond motifs is 1. The van der Waals surface area contributed by atoms with Gasteiger partial charge in [0.25, 0.3) is 0 Å². The Morgan fingerprint density at radius 2 is 2.29 bits per heavy atom. The van der Waals surface area contributed by atoms with Gasteiger partial charge >= 0.3 is 0 Å². The fourth-order valence-corrected chi connectivity index (χ4v) is 3.27. The number of nitrogens with one attached hydrogen (secondary N) is 1. The number of imidazole rings is 1.